The van der Waals surface area contributed by atoms with Crippen LogP contribution < -0.4 is 0 Å². The van der Waals surface area contributed by atoms with Gasteiger partial charge in [-0.3, -0.25) is 0 Å². The zero-order chi connectivity index (χ0) is 14.9. The quantitative estimate of drug-likeness (QED) is 0.608. The molecular weight excluding hydrogens is 348 g/mol. The number of nitrogens with zero attached hydrogens (tertiary/aromatic N) is 1. The first-order valence-corrected chi connectivity index (χ1v) is 8.80. The van der Waals surface area contributed by atoms with E-state index in [-0.39, 0.29) is 9.92 Å². The molecule has 1 fully saturated rings. The number of hydrogen-bond donors (Lipinski definition) is 0. The molecular formula is C12H13Cl3FNO2S. The predicted octanol–water partition coefficient (Wildman–Crippen LogP) is 3.77. The van der Waals surface area contributed by atoms with E-state index >= 15 is 0 Å². The maximum absolute atomic E-state index is 13.6. The molecule has 20 heavy (non-hydrogen) atoms. The van der Waals surface area contributed by atoms with E-state index < -0.39 is 20.9 Å². The molecule has 0 aromatic heterocycles. The van der Waals surface area contributed by atoms with Crippen LogP contribution in [0.2, 0.25) is 10.0 Å². The monoisotopic (exact) mass is 359 g/mol. The minimum absolute atomic E-state index is 0.199. The minimum Gasteiger partial charge on any atom is -0.207 e. The summed E-state index contributed by atoms with van der Waals surface area (Å²) in [5.41, 5.74) is 0. The molecule has 1 saturated heterocycles. The average molecular weight is 361 g/mol. The second-order valence-corrected chi connectivity index (χ2v) is 7.68. The van der Waals surface area contributed by atoms with Crippen LogP contribution in [0, 0.1) is 11.7 Å². The van der Waals surface area contributed by atoms with Crippen LogP contribution in [0.15, 0.2) is 17.0 Å². The summed E-state index contributed by atoms with van der Waals surface area (Å²) in [5, 5.41) is -0.660. The van der Waals surface area contributed by atoms with E-state index in [1.807, 2.05) is 0 Å². The third-order valence-corrected chi connectivity index (χ3v) is 6.56. The van der Waals surface area contributed by atoms with Gasteiger partial charge in [-0.25, -0.2) is 12.8 Å². The molecule has 112 valence electrons. The molecule has 1 aliphatic rings. The summed E-state index contributed by atoms with van der Waals surface area (Å²) >= 11 is 17.1. The highest BCUT2D eigenvalue weighted by molar-refractivity contribution is 7.89. The van der Waals surface area contributed by atoms with Crippen molar-refractivity contribution in [1.82, 2.24) is 4.31 Å². The molecule has 1 aromatic carbocycles. The lowest BCUT2D eigenvalue weighted by Gasteiger charge is -2.30. The molecule has 0 bridgehead atoms. The van der Waals surface area contributed by atoms with Crippen molar-refractivity contribution in [2.75, 3.05) is 19.0 Å². The number of rotatable bonds is 3. The highest BCUT2D eigenvalue weighted by Crippen LogP contribution is 2.32. The van der Waals surface area contributed by atoms with E-state index in [1.165, 1.54) is 16.4 Å². The first-order valence-electron chi connectivity index (χ1n) is 6.07. The molecule has 1 heterocycles. The van der Waals surface area contributed by atoms with Gasteiger partial charge in [-0.1, -0.05) is 23.2 Å². The van der Waals surface area contributed by atoms with Gasteiger partial charge in [0.1, 0.15) is 4.90 Å². The van der Waals surface area contributed by atoms with E-state index in [4.69, 9.17) is 34.8 Å². The van der Waals surface area contributed by atoms with Crippen molar-refractivity contribution < 1.29 is 12.8 Å². The first kappa shape index (κ1) is 16.3. The third kappa shape index (κ3) is 3.07. The molecule has 0 spiro atoms. The maximum atomic E-state index is 13.6. The fourth-order valence-electron chi connectivity index (χ4n) is 2.15. The Morgan fingerprint density at radius 3 is 2.40 bits per heavy atom. The topological polar surface area (TPSA) is 37.4 Å². The molecule has 8 heteroatoms. The van der Waals surface area contributed by atoms with E-state index in [0.717, 1.165) is 0 Å². The zero-order valence-electron chi connectivity index (χ0n) is 10.5. The summed E-state index contributed by atoms with van der Waals surface area (Å²) in [7, 11) is -3.80. The Labute approximate surface area is 132 Å². The Hall–Kier alpha value is -0.0700. The van der Waals surface area contributed by atoms with Crippen LogP contribution in [0.3, 0.4) is 0 Å². The van der Waals surface area contributed by atoms with Gasteiger partial charge in [0, 0.05) is 19.0 Å². The van der Waals surface area contributed by atoms with Gasteiger partial charge in [0.2, 0.25) is 10.0 Å². The number of alkyl halides is 1. The van der Waals surface area contributed by atoms with Gasteiger partial charge in [-0.2, -0.15) is 4.31 Å². The molecule has 3 nitrogen and oxygen atoms in total. The molecule has 0 radical (unpaired) electrons. The SMILES string of the molecule is O=S(=O)(c1ccc(Cl)c(F)c1Cl)N1CCC(CCl)CC1. The number of hydrogen-bond acceptors (Lipinski definition) is 2. The Morgan fingerprint density at radius 2 is 1.85 bits per heavy atom. The molecule has 0 N–H and O–H groups in total. The Kier molecular flexibility index (Phi) is 5.19. The van der Waals surface area contributed by atoms with Crippen LogP contribution in [0.5, 0.6) is 0 Å². The highest BCUT2D eigenvalue weighted by atomic mass is 35.5. The Balaban J connectivity index is 2.30. The molecule has 0 atom stereocenters. The van der Waals surface area contributed by atoms with Crippen LogP contribution in [-0.2, 0) is 10.0 Å². The van der Waals surface area contributed by atoms with Crippen molar-refractivity contribution >= 4 is 44.8 Å². The predicted molar refractivity (Wildman–Crippen MR) is 78.6 cm³/mol. The van der Waals surface area contributed by atoms with Gasteiger partial charge in [0.15, 0.2) is 5.82 Å². The fourth-order valence-corrected chi connectivity index (χ4v) is 4.65. The largest absolute Gasteiger partial charge is 0.244 e. The van der Waals surface area contributed by atoms with Crippen LogP contribution in [-0.4, -0.2) is 31.7 Å². The standard InChI is InChI=1S/C12H13Cl3FNO2S/c13-7-8-3-5-17(6-4-8)20(18,19)10-2-1-9(14)12(16)11(10)15/h1-2,8H,3-7H2. The zero-order valence-corrected chi connectivity index (χ0v) is 13.5. The second-order valence-electron chi connectivity index (χ2n) is 4.68. The molecule has 0 unspecified atom stereocenters. The summed E-state index contributed by atoms with van der Waals surface area (Å²) in [6, 6.07) is 2.43. The number of sulfonamides is 1. The lowest BCUT2D eigenvalue weighted by Crippen LogP contribution is -2.39. The van der Waals surface area contributed by atoms with E-state index in [9.17, 15) is 12.8 Å². The summed E-state index contributed by atoms with van der Waals surface area (Å²) < 4.78 is 39.9. The molecule has 1 aromatic rings. The molecule has 2 rings (SSSR count). The van der Waals surface area contributed by atoms with Crippen molar-refractivity contribution in [2.24, 2.45) is 5.92 Å². The van der Waals surface area contributed by atoms with Crippen molar-refractivity contribution in [3.05, 3.63) is 28.0 Å². The second kappa shape index (κ2) is 6.36. The smallest absolute Gasteiger partial charge is 0.207 e. The summed E-state index contributed by atoms with van der Waals surface area (Å²) in [4.78, 5) is -0.245. The lowest BCUT2D eigenvalue weighted by atomic mass is 10.0. The lowest BCUT2D eigenvalue weighted by molar-refractivity contribution is 0.290. The van der Waals surface area contributed by atoms with Crippen molar-refractivity contribution in [1.29, 1.82) is 0 Å². The first-order chi connectivity index (χ1) is 9.37. The number of piperidine rings is 1. The van der Waals surface area contributed by atoms with E-state index in [1.54, 1.807) is 0 Å². The van der Waals surface area contributed by atoms with Crippen LogP contribution >= 0.6 is 34.8 Å². The fraction of sp³-hybridized carbons (Fsp3) is 0.500. The van der Waals surface area contributed by atoms with Crippen LogP contribution in [0.25, 0.3) is 0 Å². The summed E-state index contributed by atoms with van der Waals surface area (Å²) in [5.74, 6) is -0.0740. The minimum atomic E-state index is -3.80. The van der Waals surface area contributed by atoms with Gasteiger partial charge < -0.3 is 0 Å². The normalized spacial score (nSPS) is 18.4. The number of halogens is 4. The van der Waals surface area contributed by atoms with Crippen molar-refractivity contribution in [2.45, 2.75) is 17.7 Å². The Bertz CT molecular complexity index is 601. The Morgan fingerprint density at radius 1 is 1.25 bits per heavy atom. The molecule has 1 aliphatic heterocycles. The average Bonchev–Trinajstić information content (AvgIpc) is 2.44. The van der Waals surface area contributed by atoms with Crippen LogP contribution in [0.4, 0.5) is 4.39 Å². The molecule has 0 amide bonds. The van der Waals surface area contributed by atoms with Gasteiger partial charge >= 0.3 is 0 Å². The van der Waals surface area contributed by atoms with Crippen molar-refractivity contribution in [3.8, 4) is 0 Å². The van der Waals surface area contributed by atoms with Gasteiger partial charge in [0.05, 0.1) is 10.0 Å². The van der Waals surface area contributed by atoms with Gasteiger partial charge in [-0.05, 0) is 30.9 Å². The molecule has 0 aliphatic carbocycles. The van der Waals surface area contributed by atoms with Crippen LogP contribution in [0.1, 0.15) is 12.8 Å². The summed E-state index contributed by atoms with van der Waals surface area (Å²) in [6.07, 6.45) is 1.38. The van der Waals surface area contributed by atoms with E-state index in [2.05, 4.69) is 0 Å². The van der Waals surface area contributed by atoms with Gasteiger partial charge in [0.25, 0.3) is 0 Å². The molecule has 0 saturated carbocycles. The maximum Gasteiger partial charge on any atom is 0.244 e. The highest BCUT2D eigenvalue weighted by Gasteiger charge is 2.31. The number of benzene rings is 1. The third-order valence-electron chi connectivity index (χ3n) is 3.41. The summed E-state index contributed by atoms with van der Waals surface area (Å²) in [6.45, 7) is 0.723. The van der Waals surface area contributed by atoms with Crippen molar-refractivity contribution in [3.63, 3.8) is 0 Å². The van der Waals surface area contributed by atoms with Gasteiger partial charge in [-0.15, -0.1) is 11.6 Å². The van der Waals surface area contributed by atoms with E-state index in [0.29, 0.717) is 37.7 Å².